The summed E-state index contributed by atoms with van der Waals surface area (Å²) < 4.78 is 6.86. The minimum Gasteiger partial charge on any atom is -0.497 e. The van der Waals surface area contributed by atoms with Crippen molar-refractivity contribution in [2.45, 2.75) is 25.9 Å². The van der Waals surface area contributed by atoms with Crippen molar-refractivity contribution in [1.82, 2.24) is 14.8 Å². The number of nitrogens with one attached hydrogen (secondary N) is 1. The molecular formula is C23H24N6O3. The Balaban J connectivity index is 1.51. The van der Waals surface area contributed by atoms with Gasteiger partial charge < -0.3 is 20.1 Å². The molecule has 1 aromatic carbocycles. The van der Waals surface area contributed by atoms with E-state index >= 15 is 0 Å². The highest BCUT2D eigenvalue weighted by Crippen LogP contribution is 2.25. The molecule has 32 heavy (non-hydrogen) atoms. The Kier molecular flexibility index (Phi) is 6.05. The Morgan fingerprint density at radius 3 is 2.62 bits per heavy atom. The summed E-state index contributed by atoms with van der Waals surface area (Å²) in [5, 5.41) is 26.4. The number of benzene rings is 1. The van der Waals surface area contributed by atoms with Crippen molar-refractivity contribution < 1.29 is 14.6 Å². The van der Waals surface area contributed by atoms with E-state index in [9.17, 15) is 15.2 Å². The normalized spacial score (nSPS) is 14.1. The van der Waals surface area contributed by atoms with Gasteiger partial charge in [-0.1, -0.05) is 0 Å². The lowest BCUT2D eigenvalue weighted by molar-refractivity contribution is 0.102. The summed E-state index contributed by atoms with van der Waals surface area (Å²) in [5.41, 5.74) is 2.73. The number of rotatable bonds is 5. The number of nitrogens with zero attached hydrogens (tertiary/aromatic N) is 5. The molecule has 0 saturated carbocycles. The predicted molar refractivity (Wildman–Crippen MR) is 119 cm³/mol. The SMILES string of the molecule is COc1ccc(-n2ncc(C(=O)Nc3cnc(N4CCC(O)CC4)c(C#N)c3)c2C)cc1. The van der Waals surface area contributed by atoms with Gasteiger partial charge in [-0.2, -0.15) is 10.4 Å². The first kappa shape index (κ1) is 21.3. The van der Waals surface area contributed by atoms with Crippen LogP contribution in [0.4, 0.5) is 11.5 Å². The fourth-order valence-electron chi connectivity index (χ4n) is 3.75. The van der Waals surface area contributed by atoms with E-state index < -0.39 is 0 Å². The van der Waals surface area contributed by atoms with Crippen LogP contribution in [0.25, 0.3) is 5.69 Å². The van der Waals surface area contributed by atoms with E-state index in [1.165, 1.54) is 6.20 Å². The molecule has 1 aliphatic rings. The number of carbonyl (C=O) groups is 1. The molecule has 1 fully saturated rings. The highest BCUT2D eigenvalue weighted by Gasteiger charge is 2.21. The van der Waals surface area contributed by atoms with Crippen LogP contribution in [-0.2, 0) is 0 Å². The maximum Gasteiger partial charge on any atom is 0.259 e. The van der Waals surface area contributed by atoms with Crippen molar-refractivity contribution in [3.8, 4) is 17.5 Å². The lowest BCUT2D eigenvalue weighted by Gasteiger charge is -2.31. The van der Waals surface area contributed by atoms with Crippen LogP contribution in [-0.4, -0.2) is 52.1 Å². The Hall–Kier alpha value is -3.90. The molecule has 9 nitrogen and oxygen atoms in total. The Morgan fingerprint density at radius 2 is 1.97 bits per heavy atom. The second-order valence-corrected chi connectivity index (χ2v) is 7.63. The Morgan fingerprint density at radius 1 is 1.25 bits per heavy atom. The van der Waals surface area contributed by atoms with E-state index in [-0.39, 0.29) is 12.0 Å². The van der Waals surface area contributed by atoms with Gasteiger partial charge in [0.05, 0.1) is 53.8 Å². The third kappa shape index (κ3) is 4.26. The molecule has 9 heteroatoms. The molecule has 0 atom stereocenters. The summed E-state index contributed by atoms with van der Waals surface area (Å²) in [6.45, 7) is 3.09. The fraction of sp³-hybridized carbons (Fsp3) is 0.304. The fourth-order valence-corrected chi connectivity index (χ4v) is 3.75. The molecule has 1 saturated heterocycles. The Bertz CT molecular complexity index is 1160. The van der Waals surface area contributed by atoms with Crippen LogP contribution in [0.3, 0.4) is 0 Å². The summed E-state index contributed by atoms with van der Waals surface area (Å²) in [6, 6.07) is 11.2. The van der Waals surface area contributed by atoms with Gasteiger partial charge in [-0.15, -0.1) is 0 Å². The summed E-state index contributed by atoms with van der Waals surface area (Å²) in [4.78, 5) is 19.3. The van der Waals surface area contributed by atoms with Gasteiger partial charge >= 0.3 is 0 Å². The molecule has 2 aromatic heterocycles. The number of aromatic nitrogens is 3. The summed E-state index contributed by atoms with van der Waals surface area (Å²) in [6.07, 6.45) is 4.03. The lowest BCUT2D eigenvalue weighted by atomic mass is 10.1. The number of carbonyl (C=O) groups excluding carboxylic acids is 1. The molecule has 0 radical (unpaired) electrons. The average Bonchev–Trinajstić information content (AvgIpc) is 3.21. The molecule has 1 aliphatic heterocycles. The third-order valence-electron chi connectivity index (χ3n) is 5.58. The number of pyridine rings is 1. The second-order valence-electron chi connectivity index (χ2n) is 7.63. The highest BCUT2D eigenvalue weighted by molar-refractivity contribution is 6.05. The van der Waals surface area contributed by atoms with Crippen LogP contribution in [0.2, 0.25) is 0 Å². The maximum absolute atomic E-state index is 12.9. The number of hydrogen-bond acceptors (Lipinski definition) is 7. The van der Waals surface area contributed by atoms with Crippen LogP contribution in [0.1, 0.15) is 34.5 Å². The zero-order chi connectivity index (χ0) is 22.7. The predicted octanol–water partition coefficient (Wildman–Crippen LogP) is 2.67. The molecule has 2 N–H and O–H groups in total. The average molecular weight is 432 g/mol. The van der Waals surface area contributed by atoms with Crippen molar-refractivity contribution in [3.63, 3.8) is 0 Å². The molecule has 0 aliphatic carbocycles. The first-order chi connectivity index (χ1) is 15.5. The topological polar surface area (TPSA) is 116 Å². The standard InChI is InChI=1S/C23H24N6O3/c1-15-21(14-26-29(15)18-3-5-20(32-2)6-4-18)23(31)27-17-11-16(12-24)22(25-13-17)28-9-7-19(30)8-10-28/h3-6,11,13-14,19,30H,7-10H2,1-2H3,(H,27,31). The van der Waals surface area contributed by atoms with Crippen molar-refractivity contribution in [2.75, 3.05) is 30.4 Å². The number of piperidine rings is 1. The van der Waals surface area contributed by atoms with Gasteiger partial charge in [0.1, 0.15) is 17.6 Å². The first-order valence-electron chi connectivity index (χ1n) is 10.3. The van der Waals surface area contributed by atoms with E-state index in [0.29, 0.717) is 54.3 Å². The van der Waals surface area contributed by atoms with E-state index in [0.717, 1.165) is 11.4 Å². The molecule has 0 spiro atoms. The van der Waals surface area contributed by atoms with Gasteiger partial charge in [0.25, 0.3) is 5.91 Å². The van der Waals surface area contributed by atoms with Crippen LogP contribution in [0, 0.1) is 18.3 Å². The van der Waals surface area contributed by atoms with E-state index in [2.05, 4.69) is 21.5 Å². The monoisotopic (exact) mass is 432 g/mol. The van der Waals surface area contributed by atoms with Crippen molar-refractivity contribution >= 4 is 17.4 Å². The zero-order valence-electron chi connectivity index (χ0n) is 17.9. The van der Waals surface area contributed by atoms with Gasteiger partial charge in [0, 0.05) is 13.1 Å². The molecular weight excluding hydrogens is 408 g/mol. The number of ether oxygens (including phenoxy) is 1. The summed E-state index contributed by atoms with van der Waals surface area (Å²) in [7, 11) is 1.60. The second kappa shape index (κ2) is 9.08. The highest BCUT2D eigenvalue weighted by atomic mass is 16.5. The first-order valence-corrected chi connectivity index (χ1v) is 10.3. The number of hydrogen-bond donors (Lipinski definition) is 2. The Labute approximate surface area is 185 Å². The summed E-state index contributed by atoms with van der Waals surface area (Å²) >= 11 is 0. The number of aliphatic hydroxyl groups is 1. The molecule has 3 heterocycles. The number of amides is 1. The molecule has 1 amide bonds. The van der Waals surface area contributed by atoms with Crippen LogP contribution >= 0.6 is 0 Å². The number of aliphatic hydroxyl groups excluding tert-OH is 1. The molecule has 3 aromatic rings. The zero-order valence-corrected chi connectivity index (χ0v) is 17.9. The van der Waals surface area contributed by atoms with Gasteiger partial charge in [-0.25, -0.2) is 9.67 Å². The van der Waals surface area contributed by atoms with Crippen LogP contribution in [0.15, 0.2) is 42.7 Å². The summed E-state index contributed by atoms with van der Waals surface area (Å²) in [5.74, 6) is 0.976. The van der Waals surface area contributed by atoms with E-state index in [1.807, 2.05) is 36.1 Å². The molecule has 0 bridgehead atoms. The maximum atomic E-state index is 12.9. The van der Waals surface area contributed by atoms with Gasteiger partial charge in [-0.3, -0.25) is 4.79 Å². The van der Waals surface area contributed by atoms with E-state index in [1.54, 1.807) is 24.1 Å². The largest absolute Gasteiger partial charge is 0.497 e. The van der Waals surface area contributed by atoms with Crippen molar-refractivity contribution in [2.24, 2.45) is 0 Å². The van der Waals surface area contributed by atoms with Gasteiger partial charge in [0.2, 0.25) is 0 Å². The quantitative estimate of drug-likeness (QED) is 0.637. The minimum absolute atomic E-state index is 0.308. The molecule has 0 unspecified atom stereocenters. The molecule has 164 valence electrons. The number of methoxy groups -OCH3 is 1. The molecule has 4 rings (SSSR count). The lowest BCUT2D eigenvalue weighted by Crippen LogP contribution is -2.36. The van der Waals surface area contributed by atoms with E-state index in [4.69, 9.17) is 4.74 Å². The number of nitriles is 1. The minimum atomic E-state index is -0.332. The third-order valence-corrected chi connectivity index (χ3v) is 5.58. The van der Waals surface area contributed by atoms with Crippen molar-refractivity contribution in [1.29, 1.82) is 5.26 Å². The van der Waals surface area contributed by atoms with Gasteiger partial charge in [0.15, 0.2) is 0 Å². The van der Waals surface area contributed by atoms with Crippen LogP contribution in [0.5, 0.6) is 5.75 Å². The van der Waals surface area contributed by atoms with Crippen LogP contribution < -0.4 is 15.0 Å². The number of anilines is 2. The van der Waals surface area contributed by atoms with Crippen molar-refractivity contribution in [3.05, 3.63) is 59.5 Å². The van der Waals surface area contributed by atoms with Gasteiger partial charge in [-0.05, 0) is 50.1 Å². The smallest absolute Gasteiger partial charge is 0.259 e.